The number of imidazole rings is 1. The van der Waals surface area contributed by atoms with E-state index in [1.54, 1.807) is 25.3 Å². The van der Waals surface area contributed by atoms with E-state index in [0.29, 0.717) is 30.4 Å². The van der Waals surface area contributed by atoms with Crippen LogP contribution in [0.2, 0.25) is 0 Å². The maximum Gasteiger partial charge on any atom is 0.234 e. The highest BCUT2D eigenvalue weighted by molar-refractivity contribution is 7.99. The Morgan fingerprint density at radius 1 is 1.17 bits per heavy atom. The van der Waals surface area contributed by atoms with Crippen molar-refractivity contribution in [3.05, 3.63) is 48.7 Å². The lowest BCUT2D eigenvalue weighted by Crippen LogP contribution is -2.17. The second-order valence-electron chi connectivity index (χ2n) is 6.41. The van der Waals surface area contributed by atoms with Crippen molar-refractivity contribution in [2.24, 2.45) is 7.05 Å². The molecule has 29 heavy (non-hydrogen) atoms. The Morgan fingerprint density at radius 3 is 2.69 bits per heavy atom. The van der Waals surface area contributed by atoms with E-state index in [1.165, 1.54) is 11.8 Å². The van der Waals surface area contributed by atoms with Crippen LogP contribution in [-0.2, 0) is 11.8 Å². The number of methoxy groups -OCH3 is 1. The number of fused-ring (bicyclic) bond motifs is 1. The Hall–Kier alpha value is -3.13. The van der Waals surface area contributed by atoms with Gasteiger partial charge in [-0.2, -0.15) is 0 Å². The van der Waals surface area contributed by atoms with Gasteiger partial charge in [-0.05, 0) is 36.4 Å². The second-order valence-corrected chi connectivity index (χ2v) is 7.35. The number of carbonyl (C=O) groups is 1. The maximum atomic E-state index is 12.4. The van der Waals surface area contributed by atoms with Gasteiger partial charge in [0.05, 0.1) is 24.8 Å². The largest absolute Gasteiger partial charge is 0.497 e. The number of aromatic nitrogens is 2. The Balaban J connectivity index is 1.37. The zero-order valence-electron chi connectivity index (χ0n) is 16.2. The zero-order valence-corrected chi connectivity index (χ0v) is 17.0. The van der Waals surface area contributed by atoms with Crippen molar-refractivity contribution in [2.75, 3.05) is 31.4 Å². The molecule has 0 fully saturated rings. The molecule has 8 heteroatoms. The number of nitrogens with zero attached hydrogens (tertiary/aromatic N) is 2. The van der Waals surface area contributed by atoms with E-state index in [2.05, 4.69) is 10.3 Å². The van der Waals surface area contributed by atoms with Crippen LogP contribution in [0.25, 0.3) is 11.3 Å². The molecule has 4 rings (SSSR count). The quantitative estimate of drug-likeness (QED) is 0.625. The highest BCUT2D eigenvalue weighted by atomic mass is 32.2. The molecule has 3 aromatic rings. The van der Waals surface area contributed by atoms with E-state index in [-0.39, 0.29) is 11.7 Å². The number of anilines is 1. The van der Waals surface area contributed by atoms with Gasteiger partial charge >= 0.3 is 0 Å². The normalized spacial score (nSPS) is 12.5. The van der Waals surface area contributed by atoms with Gasteiger partial charge in [-0.25, -0.2) is 4.98 Å². The first-order valence-electron chi connectivity index (χ1n) is 9.12. The van der Waals surface area contributed by atoms with Gasteiger partial charge in [0.25, 0.3) is 0 Å². The van der Waals surface area contributed by atoms with Crippen LogP contribution in [0.1, 0.15) is 0 Å². The maximum absolute atomic E-state index is 12.4. The minimum Gasteiger partial charge on any atom is -0.497 e. The van der Waals surface area contributed by atoms with Gasteiger partial charge in [-0.1, -0.05) is 11.8 Å². The lowest BCUT2D eigenvalue weighted by molar-refractivity contribution is -0.113. The summed E-state index contributed by atoms with van der Waals surface area (Å²) >= 11 is 1.39. The minimum atomic E-state index is -0.110. The first-order chi connectivity index (χ1) is 14.1. The summed E-state index contributed by atoms with van der Waals surface area (Å²) in [7, 11) is 3.58. The van der Waals surface area contributed by atoms with E-state index >= 15 is 0 Å². The fourth-order valence-electron chi connectivity index (χ4n) is 3.00. The highest BCUT2D eigenvalue weighted by Crippen LogP contribution is 2.33. The van der Waals surface area contributed by atoms with E-state index < -0.39 is 0 Å². The Bertz CT molecular complexity index is 1020. The molecule has 1 aromatic heterocycles. The molecular formula is C21H21N3O4S. The number of thioether (sulfide) groups is 1. The Kier molecular flexibility index (Phi) is 5.62. The first-order valence-corrected chi connectivity index (χ1v) is 10.1. The van der Waals surface area contributed by atoms with E-state index in [9.17, 15) is 4.79 Å². The number of carbonyl (C=O) groups excluding carboxylic acids is 1. The molecule has 0 saturated heterocycles. The summed E-state index contributed by atoms with van der Waals surface area (Å²) in [6.45, 7) is 1.05. The highest BCUT2D eigenvalue weighted by Gasteiger charge is 2.14. The van der Waals surface area contributed by atoms with Crippen LogP contribution in [0.4, 0.5) is 5.69 Å². The van der Waals surface area contributed by atoms with Gasteiger partial charge in [0.15, 0.2) is 16.7 Å². The average molecular weight is 411 g/mol. The molecule has 150 valence electrons. The smallest absolute Gasteiger partial charge is 0.234 e. The molecule has 0 saturated carbocycles. The number of benzene rings is 2. The molecule has 0 aliphatic carbocycles. The predicted molar refractivity (Wildman–Crippen MR) is 112 cm³/mol. The summed E-state index contributed by atoms with van der Waals surface area (Å²) < 4.78 is 18.2. The summed E-state index contributed by atoms with van der Waals surface area (Å²) in [5.74, 6) is 2.29. The molecular weight excluding hydrogens is 390 g/mol. The molecule has 1 N–H and O–H groups in total. The molecule has 1 amide bonds. The number of hydrogen-bond acceptors (Lipinski definition) is 6. The zero-order chi connectivity index (χ0) is 20.2. The topological polar surface area (TPSA) is 74.6 Å². The Labute approximate surface area is 173 Å². The number of ether oxygens (including phenoxy) is 3. The van der Waals surface area contributed by atoms with Crippen molar-refractivity contribution < 1.29 is 19.0 Å². The van der Waals surface area contributed by atoms with Crippen molar-refractivity contribution in [3.8, 4) is 28.5 Å². The monoisotopic (exact) mass is 411 g/mol. The first kappa shape index (κ1) is 19.2. The number of hydrogen-bond donors (Lipinski definition) is 1. The summed E-state index contributed by atoms with van der Waals surface area (Å²) in [5.41, 5.74) is 2.69. The third-order valence-corrected chi connectivity index (χ3v) is 5.53. The molecule has 2 aromatic carbocycles. The standard InChI is InChI=1S/C21H21N3O4S/c1-24-17(14-3-6-16(26-2)7-4-14)12-22-21(24)29-13-20(25)23-15-5-8-18-19(11-15)28-10-9-27-18/h3-8,11-12H,9-10,13H2,1-2H3,(H,23,25). The lowest BCUT2D eigenvalue weighted by Gasteiger charge is -2.19. The summed E-state index contributed by atoms with van der Waals surface area (Å²) in [6.07, 6.45) is 1.81. The Morgan fingerprint density at radius 2 is 1.93 bits per heavy atom. The van der Waals surface area contributed by atoms with Crippen LogP contribution in [-0.4, -0.2) is 41.5 Å². The molecule has 7 nitrogen and oxygen atoms in total. The van der Waals surface area contributed by atoms with Crippen LogP contribution in [0.5, 0.6) is 17.2 Å². The van der Waals surface area contributed by atoms with Crippen molar-refractivity contribution >= 4 is 23.4 Å². The molecule has 0 radical (unpaired) electrons. The lowest BCUT2D eigenvalue weighted by atomic mass is 10.1. The van der Waals surface area contributed by atoms with Gasteiger partial charge < -0.3 is 24.1 Å². The van der Waals surface area contributed by atoms with E-state index in [1.807, 2.05) is 42.1 Å². The third kappa shape index (κ3) is 4.32. The van der Waals surface area contributed by atoms with Crippen LogP contribution in [0.15, 0.2) is 53.8 Å². The SMILES string of the molecule is COc1ccc(-c2cnc(SCC(=O)Nc3ccc4c(c3)OCCO4)n2C)cc1. The van der Waals surface area contributed by atoms with Crippen molar-refractivity contribution in [1.29, 1.82) is 0 Å². The number of amides is 1. The fourth-order valence-corrected chi connectivity index (χ4v) is 3.76. The summed E-state index contributed by atoms with van der Waals surface area (Å²) in [5, 5.41) is 3.66. The summed E-state index contributed by atoms with van der Waals surface area (Å²) in [6, 6.07) is 13.2. The number of nitrogens with one attached hydrogen (secondary N) is 1. The van der Waals surface area contributed by atoms with Gasteiger partial charge in [-0.3, -0.25) is 4.79 Å². The molecule has 2 heterocycles. The fraction of sp³-hybridized carbons (Fsp3) is 0.238. The van der Waals surface area contributed by atoms with Gasteiger partial charge in [0, 0.05) is 24.4 Å². The molecule has 0 atom stereocenters. The molecule has 1 aliphatic heterocycles. The summed E-state index contributed by atoms with van der Waals surface area (Å²) in [4.78, 5) is 16.8. The van der Waals surface area contributed by atoms with Crippen molar-refractivity contribution in [1.82, 2.24) is 9.55 Å². The molecule has 0 bridgehead atoms. The van der Waals surface area contributed by atoms with Gasteiger partial charge in [0.1, 0.15) is 19.0 Å². The van der Waals surface area contributed by atoms with Gasteiger partial charge in [-0.15, -0.1) is 0 Å². The molecule has 1 aliphatic rings. The number of rotatable bonds is 6. The van der Waals surface area contributed by atoms with Crippen LogP contribution >= 0.6 is 11.8 Å². The predicted octanol–water partition coefficient (Wildman–Crippen LogP) is 3.60. The van der Waals surface area contributed by atoms with Gasteiger partial charge in [0.2, 0.25) is 5.91 Å². The second kappa shape index (κ2) is 8.48. The molecule has 0 unspecified atom stereocenters. The van der Waals surface area contributed by atoms with Crippen molar-refractivity contribution in [2.45, 2.75) is 5.16 Å². The van der Waals surface area contributed by atoms with E-state index in [4.69, 9.17) is 14.2 Å². The minimum absolute atomic E-state index is 0.110. The van der Waals surface area contributed by atoms with Crippen LogP contribution < -0.4 is 19.5 Å². The van der Waals surface area contributed by atoms with Crippen LogP contribution in [0, 0.1) is 0 Å². The van der Waals surface area contributed by atoms with Crippen molar-refractivity contribution in [3.63, 3.8) is 0 Å². The van der Waals surface area contributed by atoms with E-state index in [0.717, 1.165) is 22.2 Å². The third-order valence-electron chi connectivity index (χ3n) is 4.49. The average Bonchev–Trinajstić information content (AvgIpc) is 3.12. The molecule has 0 spiro atoms. The van der Waals surface area contributed by atoms with Crippen LogP contribution in [0.3, 0.4) is 0 Å².